The van der Waals surface area contributed by atoms with Crippen molar-refractivity contribution in [2.45, 2.75) is 13.0 Å². The van der Waals surface area contributed by atoms with Gasteiger partial charge in [-0.3, -0.25) is 4.90 Å². The first kappa shape index (κ1) is 13.5. The molecule has 4 heteroatoms. The van der Waals surface area contributed by atoms with Gasteiger partial charge in [0.15, 0.2) is 0 Å². The summed E-state index contributed by atoms with van der Waals surface area (Å²) in [7, 11) is 0. The van der Waals surface area contributed by atoms with Crippen LogP contribution in [0.3, 0.4) is 0 Å². The van der Waals surface area contributed by atoms with Crippen LogP contribution in [0, 0.1) is 11.3 Å². The van der Waals surface area contributed by atoms with Crippen LogP contribution in [-0.4, -0.2) is 42.5 Å². The summed E-state index contributed by atoms with van der Waals surface area (Å²) in [6.45, 7) is 7.34. The van der Waals surface area contributed by atoms with Crippen molar-refractivity contribution in [2.75, 3.05) is 32.7 Å². The molecule has 2 rings (SSSR count). The van der Waals surface area contributed by atoms with Crippen molar-refractivity contribution in [3.8, 4) is 6.07 Å². The second kappa shape index (κ2) is 6.33. The summed E-state index contributed by atoms with van der Waals surface area (Å²) >= 11 is 3.47. The number of likely N-dealkylation sites (N-methyl/N-ethyl adjacent to an activating group) is 1. The van der Waals surface area contributed by atoms with Crippen molar-refractivity contribution in [2.24, 2.45) is 0 Å². The van der Waals surface area contributed by atoms with Crippen molar-refractivity contribution in [3.05, 3.63) is 34.3 Å². The maximum atomic E-state index is 9.43. The molecule has 0 radical (unpaired) electrons. The Morgan fingerprint density at radius 1 is 1.33 bits per heavy atom. The largest absolute Gasteiger partial charge is 0.301 e. The zero-order valence-electron chi connectivity index (χ0n) is 10.6. The van der Waals surface area contributed by atoms with Crippen LogP contribution < -0.4 is 0 Å². The molecule has 1 saturated heterocycles. The molecule has 0 aromatic heterocycles. The maximum Gasteiger partial charge on any atom is 0.123 e. The second-order valence-electron chi connectivity index (χ2n) is 4.56. The lowest BCUT2D eigenvalue weighted by Gasteiger charge is -2.36. The van der Waals surface area contributed by atoms with Gasteiger partial charge in [-0.1, -0.05) is 35.0 Å². The molecule has 0 aliphatic carbocycles. The molecular weight excluding hydrogens is 290 g/mol. The Morgan fingerprint density at radius 3 is 2.61 bits per heavy atom. The third-order valence-electron chi connectivity index (χ3n) is 3.51. The molecule has 0 bridgehead atoms. The van der Waals surface area contributed by atoms with Crippen molar-refractivity contribution in [3.63, 3.8) is 0 Å². The van der Waals surface area contributed by atoms with Gasteiger partial charge in [-0.15, -0.1) is 0 Å². The maximum absolute atomic E-state index is 9.43. The summed E-state index contributed by atoms with van der Waals surface area (Å²) in [4.78, 5) is 4.69. The molecule has 1 aliphatic heterocycles. The van der Waals surface area contributed by atoms with E-state index in [1.54, 1.807) is 0 Å². The van der Waals surface area contributed by atoms with E-state index in [1.807, 2.05) is 24.3 Å². The van der Waals surface area contributed by atoms with Crippen LogP contribution in [0.5, 0.6) is 0 Å². The van der Waals surface area contributed by atoms with Gasteiger partial charge in [-0.25, -0.2) is 0 Å². The van der Waals surface area contributed by atoms with Gasteiger partial charge in [-0.2, -0.15) is 5.26 Å². The Kier molecular flexibility index (Phi) is 4.76. The molecule has 0 saturated carbocycles. The number of nitrogens with zero attached hydrogens (tertiary/aromatic N) is 3. The molecule has 1 unspecified atom stereocenters. The molecule has 1 fully saturated rings. The van der Waals surface area contributed by atoms with E-state index >= 15 is 0 Å². The zero-order valence-corrected chi connectivity index (χ0v) is 12.2. The lowest BCUT2D eigenvalue weighted by Crippen LogP contribution is -2.47. The molecule has 0 N–H and O–H groups in total. The van der Waals surface area contributed by atoms with Gasteiger partial charge in [0.25, 0.3) is 0 Å². The number of halogens is 1. The zero-order chi connectivity index (χ0) is 13.0. The summed E-state index contributed by atoms with van der Waals surface area (Å²) in [5.74, 6) is 0. The first-order valence-corrected chi connectivity index (χ1v) is 7.15. The van der Waals surface area contributed by atoms with Gasteiger partial charge >= 0.3 is 0 Å². The van der Waals surface area contributed by atoms with Gasteiger partial charge in [0, 0.05) is 30.7 Å². The molecule has 96 valence electrons. The number of rotatable bonds is 3. The van der Waals surface area contributed by atoms with E-state index in [1.165, 1.54) is 0 Å². The summed E-state index contributed by atoms with van der Waals surface area (Å²) in [5, 5.41) is 9.43. The number of benzene rings is 1. The normalized spacial score (nSPS) is 19.4. The van der Waals surface area contributed by atoms with Crippen LogP contribution in [0.25, 0.3) is 0 Å². The number of nitriles is 1. The number of hydrogen-bond acceptors (Lipinski definition) is 3. The number of hydrogen-bond donors (Lipinski definition) is 0. The molecule has 1 atom stereocenters. The van der Waals surface area contributed by atoms with Crippen LogP contribution in [-0.2, 0) is 0 Å². The van der Waals surface area contributed by atoms with E-state index in [4.69, 9.17) is 0 Å². The van der Waals surface area contributed by atoms with E-state index in [0.717, 1.165) is 42.8 Å². The molecule has 1 heterocycles. The fraction of sp³-hybridized carbons (Fsp3) is 0.500. The van der Waals surface area contributed by atoms with Crippen LogP contribution in [0.4, 0.5) is 0 Å². The molecule has 18 heavy (non-hydrogen) atoms. The van der Waals surface area contributed by atoms with Crippen LogP contribution in [0.2, 0.25) is 0 Å². The average Bonchev–Trinajstić information content (AvgIpc) is 2.40. The highest BCUT2D eigenvalue weighted by Crippen LogP contribution is 2.24. The molecule has 0 spiro atoms. The van der Waals surface area contributed by atoms with Crippen molar-refractivity contribution >= 4 is 15.9 Å². The van der Waals surface area contributed by atoms with E-state index in [-0.39, 0.29) is 6.04 Å². The Labute approximate surface area is 117 Å². The Morgan fingerprint density at radius 2 is 2.06 bits per heavy atom. The molecular formula is C14H18BrN3. The minimum atomic E-state index is -0.124. The van der Waals surface area contributed by atoms with Gasteiger partial charge in [-0.05, 0) is 24.2 Å². The molecule has 1 aromatic rings. The van der Waals surface area contributed by atoms with Crippen molar-refractivity contribution < 1.29 is 0 Å². The lowest BCUT2D eigenvalue weighted by atomic mass is 10.1. The summed E-state index contributed by atoms with van der Waals surface area (Å²) in [6.07, 6.45) is 0. The molecule has 1 aliphatic rings. The van der Waals surface area contributed by atoms with Crippen molar-refractivity contribution in [1.82, 2.24) is 9.80 Å². The topological polar surface area (TPSA) is 30.3 Å². The monoisotopic (exact) mass is 307 g/mol. The average molecular weight is 308 g/mol. The Balaban J connectivity index is 2.09. The van der Waals surface area contributed by atoms with E-state index < -0.39 is 0 Å². The molecule has 0 amide bonds. The van der Waals surface area contributed by atoms with E-state index in [0.29, 0.717) is 0 Å². The van der Waals surface area contributed by atoms with Gasteiger partial charge in [0.05, 0.1) is 6.07 Å². The molecule has 1 aromatic carbocycles. The van der Waals surface area contributed by atoms with E-state index in [9.17, 15) is 5.26 Å². The van der Waals surface area contributed by atoms with E-state index in [2.05, 4.69) is 38.7 Å². The fourth-order valence-corrected chi connectivity index (χ4v) is 2.80. The molecule has 3 nitrogen and oxygen atoms in total. The number of piperazine rings is 1. The smallest absolute Gasteiger partial charge is 0.123 e. The summed E-state index contributed by atoms with van der Waals surface area (Å²) in [5.41, 5.74) is 1.08. The minimum Gasteiger partial charge on any atom is -0.301 e. The van der Waals surface area contributed by atoms with Crippen LogP contribution >= 0.6 is 15.9 Å². The highest BCUT2D eigenvalue weighted by molar-refractivity contribution is 9.10. The fourth-order valence-electron chi connectivity index (χ4n) is 2.38. The predicted octanol–water partition coefficient (Wildman–Crippen LogP) is 2.65. The summed E-state index contributed by atoms with van der Waals surface area (Å²) < 4.78 is 1.03. The first-order chi connectivity index (χ1) is 8.74. The van der Waals surface area contributed by atoms with Gasteiger partial charge in [0.2, 0.25) is 0 Å². The first-order valence-electron chi connectivity index (χ1n) is 6.36. The lowest BCUT2D eigenvalue weighted by molar-refractivity contribution is 0.118. The quantitative estimate of drug-likeness (QED) is 0.860. The predicted molar refractivity (Wildman–Crippen MR) is 76.2 cm³/mol. The highest BCUT2D eigenvalue weighted by Gasteiger charge is 2.24. The van der Waals surface area contributed by atoms with Gasteiger partial charge in [0.1, 0.15) is 6.04 Å². The Hall–Kier alpha value is -0.890. The van der Waals surface area contributed by atoms with Gasteiger partial charge < -0.3 is 4.90 Å². The van der Waals surface area contributed by atoms with Crippen molar-refractivity contribution in [1.29, 1.82) is 5.26 Å². The third-order valence-corrected chi connectivity index (χ3v) is 4.00. The Bertz CT molecular complexity index is 433. The van der Waals surface area contributed by atoms with Crippen LogP contribution in [0.15, 0.2) is 28.7 Å². The standard InChI is InChI=1S/C14H18BrN3/c1-2-17-6-8-18(9-7-17)14(11-16)12-4-3-5-13(15)10-12/h3-5,10,14H,2,6-9H2,1H3. The highest BCUT2D eigenvalue weighted by atomic mass is 79.9. The SMILES string of the molecule is CCN1CCN(C(C#N)c2cccc(Br)c2)CC1. The summed E-state index contributed by atoms with van der Waals surface area (Å²) in [6, 6.07) is 10.4. The van der Waals surface area contributed by atoms with Crippen LogP contribution in [0.1, 0.15) is 18.5 Å². The third kappa shape index (κ3) is 3.11. The minimum absolute atomic E-state index is 0.124. The second-order valence-corrected chi connectivity index (χ2v) is 5.47.